The predicted molar refractivity (Wildman–Crippen MR) is 210 cm³/mol. The van der Waals surface area contributed by atoms with Crippen molar-refractivity contribution < 1.29 is 36.9 Å². The number of nitrogens with zero attached hydrogens (tertiary/aromatic N) is 2. The van der Waals surface area contributed by atoms with E-state index in [0.29, 0.717) is 33.5 Å². The summed E-state index contributed by atoms with van der Waals surface area (Å²) in [6.45, 7) is 6.28. The van der Waals surface area contributed by atoms with Gasteiger partial charge < -0.3 is 14.4 Å². The molecule has 0 saturated carbocycles. The van der Waals surface area contributed by atoms with E-state index in [4.69, 9.17) is 16.8 Å². The molecule has 251 valence electrons. The molecule has 1 radical (unpaired) electrons. The summed E-state index contributed by atoms with van der Waals surface area (Å²) in [5, 5.41) is 4.15. The van der Waals surface area contributed by atoms with Crippen LogP contribution in [0, 0.1) is 32.7 Å². The van der Waals surface area contributed by atoms with Gasteiger partial charge in [0.15, 0.2) is 0 Å². The van der Waals surface area contributed by atoms with Crippen LogP contribution in [0.25, 0.3) is 55.6 Å². The molecule has 0 fully saturated rings. The SMILES string of the molecule is [2H]C([2H])([2H])c1c[c-]c(-c2ccc([Si](C)(C)C)cn2)cc1.[2H]C([2H])([2H])c1cnc(-c2[c-]ccc3c2oc2ccccc23)cc1-c1ccc([Si](C)(C)C)cc1C([2H])([2H])[2H].[Ir]. The van der Waals surface area contributed by atoms with Crippen molar-refractivity contribution in [2.75, 3.05) is 0 Å². The second-order valence-electron chi connectivity index (χ2n) is 14.0. The number of aryl methyl sites for hydroxylation is 3. The van der Waals surface area contributed by atoms with Gasteiger partial charge in [0.25, 0.3) is 0 Å². The second-order valence-corrected chi connectivity index (χ2v) is 24.1. The summed E-state index contributed by atoms with van der Waals surface area (Å²) in [5.74, 6) is 0. The summed E-state index contributed by atoms with van der Waals surface area (Å²) in [4.78, 5) is 8.96. The molecule has 49 heavy (non-hydrogen) atoms. The van der Waals surface area contributed by atoms with Crippen LogP contribution in [0.4, 0.5) is 0 Å². The molecule has 0 saturated heterocycles. The average molecular weight is 862 g/mol. The molecule has 0 spiro atoms. The number of para-hydroxylation sites is 1. The third-order valence-electron chi connectivity index (χ3n) is 8.39. The van der Waals surface area contributed by atoms with Gasteiger partial charge in [0.2, 0.25) is 0 Å². The van der Waals surface area contributed by atoms with Crippen LogP contribution in [-0.2, 0) is 20.1 Å². The summed E-state index contributed by atoms with van der Waals surface area (Å²) < 4.78 is 77.4. The minimum Gasteiger partial charge on any atom is -0.501 e. The fourth-order valence-corrected chi connectivity index (χ4v) is 7.72. The van der Waals surface area contributed by atoms with E-state index in [1.807, 2.05) is 48.7 Å². The molecule has 3 nitrogen and oxygen atoms in total. The first kappa shape index (κ1) is 26.0. The van der Waals surface area contributed by atoms with E-state index in [2.05, 4.69) is 67.4 Å². The van der Waals surface area contributed by atoms with Crippen molar-refractivity contribution in [3.63, 3.8) is 0 Å². The van der Waals surface area contributed by atoms with Crippen LogP contribution in [0.1, 0.15) is 29.0 Å². The third kappa shape index (κ3) is 7.94. The van der Waals surface area contributed by atoms with Gasteiger partial charge in [-0.2, -0.15) is 0 Å². The van der Waals surface area contributed by atoms with E-state index in [9.17, 15) is 0 Å². The zero-order valence-electron chi connectivity index (χ0n) is 37.5. The number of benzene rings is 4. The Kier molecular flexibility index (Phi) is 7.68. The maximum absolute atomic E-state index is 8.25. The van der Waals surface area contributed by atoms with Crippen molar-refractivity contribution >= 4 is 48.5 Å². The van der Waals surface area contributed by atoms with E-state index >= 15 is 0 Å². The Hall–Kier alpha value is -3.94. The minimum absolute atomic E-state index is 0. The number of hydrogen-bond donors (Lipinski definition) is 0. The van der Waals surface area contributed by atoms with Crippen molar-refractivity contribution in [1.82, 2.24) is 9.97 Å². The van der Waals surface area contributed by atoms with Crippen LogP contribution >= 0.6 is 0 Å². The van der Waals surface area contributed by atoms with Gasteiger partial charge >= 0.3 is 0 Å². The quantitative estimate of drug-likeness (QED) is 0.128. The minimum atomic E-state index is -2.49. The number of rotatable bonds is 5. The Bertz CT molecular complexity index is 2500. The van der Waals surface area contributed by atoms with Gasteiger partial charge in [-0.25, -0.2) is 0 Å². The largest absolute Gasteiger partial charge is 0.501 e. The van der Waals surface area contributed by atoms with Crippen LogP contribution in [0.3, 0.4) is 0 Å². The number of pyridine rings is 2. The fraction of sp³-hybridized carbons (Fsp3) is 0.209. The summed E-state index contributed by atoms with van der Waals surface area (Å²) in [7, 11) is -3.16. The molecule has 0 aliphatic heterocycles. The molecule has 4 aromatic carbocycles. The molecule has 7 rings (SSSR count). The summed E-state index contributed by atoms with van der Waals surface area (Å²) >= 11 is 0. The molecule has 0 aliphatic carbocycles. The normalized spacial score (nSPS) is 15.1. The Balaban J connectivity index is 0.000000259. The molecule has 0 atom stereocenters. The van der Waals surface area contributed by atoms with Gasteiger partial charge in [-0.1, -0.05) is 117 Å². The molecule has 0 unspecified atom stereocenters. The van der Waals surface area contributed by atoms with Crippen LogP contribution in [0.5, 0.6) is 0 Å². The van der Waals surface area contributed by atoms with Gasteiger partial charge in [-0.15, -0.1) is 53.6 Å². The van der Waals surface area contributed by atoms with E-state index in [1.54, 1.807) is 36.4 Å². The number of fused-ring (bicyclic) bond motifs is 3. The van der Waals surface area contributed by atoms with Gasteiger partial charge in [-0.05, 0) is 58.6 Å². The van der Waals surface area contributed by atoms with Gasteiger partial charge in [0, 0.05) is 50.2 Å². The molecule has 3 heterocycles. The van der Waals surface area contributed by atoms with E-state index in [-0.39, 0.29) is 31.2 Å². The van der Waals surface area contributed by atoms with Crippen molar-refractivity contribution in [3.8, 4) is 33.6 Å². The molecular formula is C43H44IrN2OSi2-2. The Morgan fingerprint density at radius 1 is 0.653 bits per heavy atom. The number of aromatic nitrogens is 2. The van der Waals surface area contributed by atoms with E-state index < -0.39 is 36.7 Å². The maximum atomic E-state index is 8.25. The third-order valence-corrected chi connectivity index (χ3v) is 12.5. The van der Waals surface area contributed by atoms with Gasteiger partial charge in [-0.3, -0.25) is 0 Å². The van der Waals surface area contributed by atoms with Crippen LogP contribution < -0.4 is 10.4 Å². The summed E-state index contributed by atoms with van der Waals surface area (Å²) in [5.41, 5.74) is 5.13. The first-order valence-electron chi connectivity index (χ1n) is 20.4. The zero-order valence-corrected chi connectivity index (χ0v) is 32.8. The molecule has 0 aliphatic rings. The smallest absolute Gasteiger partial charge is 0.120 e. The van der Waals surface area contributed by atoms with Gasteiger partial charge in [0.1, 0.15) is 5.58 Å². The summed E-state index contributed by atoms with van der Waals surface area (Å²) in [6, 6.07) is 33.7. The van der Waals surface area contributed by atoms with Crippen molar-refractivity contribution in [1.29, 1.82) is 0 Å². The van der Waals surface area contributed by atoms with E-state index in [0.717, 1.165) is 32.8 Å². The first-order chi connectivity index (χ1) is 26.4. The monoisotopic (exact) mass is 862 g/mol. The van der Waals surface area contributed by atoms with Crippen LogP contribution in [0.15, 0.2) is 108 Å². The predicted octanol–water partition coefficient (Wildman–Crippen LogP) is 10.7. The van der Waals surface area contributed by atoms with Crippen molar-refractivity contribution in [2.24, 2.45) is 0 Å². The second kappa shape index (κ2) is 14.5. The van der Waals surface area contributed by atoms with Crippen molar-refractivity contribution in [3.05, 3.63) is 132 Å². The molecule has 3 aromatic heterocycles. The van der Waals surface area contributed by atoms with E-state index in [1.165, 1.54) is 17.4 Å². The summed E-state index contributed by atoms with van der Waals surface area (Å²) in [6.07, 6.45) is 3.25. The van der Waals surface area contributed by atoms with Crippen molar-refractivity contribution in [2.45, 2.75) is 59.8 Å². The molecule has 0 N–H and O–H groups in total. The van der Waals surface area contributed by atoms with Crippen LogP contribution in [-0.4, -0.2) is 26.1 Å². The Morgan fingerprint density at radius 2 is 1.41 bits per heavy atom. The molecule has 6 heteroatoms. The first-order valence-corrected chi connectivity index (χ1v) is 22.9. The number of hydrogen-bond acceptors (Lipinski definition) is 3. The topological polar surface area (TPSA) is 38.9 Å². The van der Waals surface area contributed by atoms with Crippen LogP contribution in [0.2, 0.25) is 39.3 Å². The maximum Gasteiger partial charge on any atom is 0.120 e. The van der Waals surface area contributed by atoms with Gasteiger partial charge in [0.05, 0.1) is 21.7 Å². The Morgan fingerprint density at radius 3 is 2.08 bits per heavy atom. The Labute approximate surface area is 319 Å². The number of furan rings is 1. The molecular weight excluding hydrogens is 809 g/mol. The standard InChI is InChI=1S/C28H26NOSi.C15H18NSi.Ir/c1-18-15-20(31(3,4)5)13-14-21(18)25-16-26(29-17-19(25)2)24-11-8-10-23-22-9-6-7-12-27(22)30-28(23)24;1-12-5-7-13(8-6-12)15-10-9-14(11-16-15)17(2,3)4;/h6-10,12-17H,1-5H3;5-7,9-11H,1-4H3;/q2*-1;/i1D3,2D3;1D3;. The zero-order chi connectivity index (χ0) is 41.7. The molecule has 7 aromatic rings. The fourth-order valence-electron chi connectivity index (χ4n) is 5.52. The molecule has 0 bridgehead atoms. The molecule has 0 amide bonds. The average Bonchev–Trinajstić information content (AvgIpc) is 3.52.